The average molecular weight is 493 g/mol. The number of ketones is 1. The summed E-state index contributed by atoms with van der Waals surface area (Å²) in [5.41, 5.74) is 2.64. The number of piperidine rings is 1. The van der Waals surface area contributed by atoms with E-state index in [9.17, 15) is 9.59 Å². The normalized spacial score (nSPS) is 25.0. The predicted molar refractivity (Wildman–Crippen MR) is 135 cm³/mol. The molecule has 2 aliphatic rings. The number of halogens is 1. The molecule has 4 nitrogen and oxygen atoms in total. The number of dihydropyridines is 1. The molecule has 3 atom stereocenters. The van der Waals surface area contributed by atoms with E-state index in [2.05, 4.69) is 10.6 Å². The van der Waals surface area contributed by atoms with Gasteiger partial charge in [0.15, 0.2) is 10.8 Å². The summed E-state index contributed by atoms with van der Waals surface area (Å²) in [5, 5.41) is 10.3. The molecule has 7 heteroatoms. The molecule has 3 aromatic rings. The quantitative estimate of drug-likeness (QED) is 0.270. The van der Waals surface area contributed by atoms with E-state index in [1.165, 1.54) is 11.8 Å². The van der Waals surface area contributed by atoms with Gasteiger partial charge in [0.05, 0.1) is 6.04 Å². The smallest absolute Gasteiger partial charge is 0.235 e. The zero-order valence-corrected chi connectivity index (χ0v) is 19.9. The summed E-state index contributed by atoms with van der Waals surface area (Å²) in [6.45, 7) is 0. The van der Waals surface area contributed by atoms with Crippen LogP contribution in [0.1, 0.15) is 23.6 Å². The summed E-state index contributed by atoms with van der Waals surface area (Å²) in [7, 11) is 0. The van der Waals surface area contributed by atoms with Crippen LogP contribution in [-0.2, 0) is 9.59 Å². The number of allylic oxidation sites excluding steroid dienone is 2. The summed E-state index contributed by atoms with van der Waals surface area (Å²) in [4.78, 5) is 27.0. The highest BCUT2D eigenvalue weighted by Gasteiger charge is 2.53. The van der Waals surface area contributed by atoms with Crippen molar-refractivity contribution in [2.75, 3.05) is 0 Å². The van der Waals surface area contributed by atoms with Gasteiger partial charge in [-0.2, -0.15) is 11.3 Å². The van der Waals surface area contributed by atoms with E-state index in [1.807, 2.05) is 89.6 Å². The molecule has 1 amide bonds. The summed E-state index contributed by atoms with van der Waals surface area (Å²) in [6.07, 6.45) is 4.06. The molecule has 166 valence electrons. The third kappa shape index (κ3) is 4.38. The van der Waals surface area contributed by atoms with Crippen molar-refractivity contribution >= 4 is 52.1 Å². The Morgan fingerprint density at radius 1 is 0.970 bits per heavy atom. The standard InChI is InChI=1S/C26H21ClN2O2S2/c27-26(24-22(30)15-21(28-25(24)31)18-13-14-32-16-18)23(33-19-9-5-2-6-10-19)12-11-20(29-26)17-7-3-1-4-8-17/h1-14,16,21,24,29H,15H2,(H,28,31). The third-order valence-electron chi connectivity index (χ3n) is 5.78. The van der Waals surface area contributed by atoms with Gasteiger partial charge in [0.2, 0.25) is 5.91 Å². The first-order chi connectivity index (χ1) is 16.0. The van der Waals surface area contributed by atoms with Crippen LogP contribution in [0.2, 0.25) is 0 Å². The van der Waals surface area contributed by atoms with Gasteiger partial charge in [-0.15, -0.1) is 0 Å². The SMILES string of the molecule is O=C1CC(c2ccsc2)NC(=O)C1C1(Cl)NC(c2ccccc2)=CC=C1Sc1ccccc1. The van der Waals surface area contributed by atoms with Crippen molar-refractivity contribution in [3.63, 3.8) is 0 Å². The number of alkyl halides is 1. The molecule has 3 heterocycles. The Hall–Kier alpha value is -2.80. The van der Waals surface area contributed by atoms with Crippen molar-refractivity contribution in [1.29, 1.82) is 0 Å². The monoisotopic (exact) mass is 492 g/mol. The predicted octanol–water partition coefficient (Wildman–Crippen LogP) is 5.75. The molecule has 33 heavy (non-hydrogen) atoms. The molecule has 3 unspecified atom stereocenters. The highest BCUT2D eigenvalue weighted by Crippen LogP contribution is 2.47. The summed E-state index contributed by atoms with van der Waals surface area (Å²) in [5.74, 6) is -1.60. The summed E-state index contributed by atoms with van der Waals surface area (Å²) in [6, 6.07) is 21.2. The molecule has 0 radical (unpaired) electrons. The fraction of sp³-hybridized carbons (Fsp3) is 0.154. The van der Waals surface area contributed by atoms with Crippen molar-refractivity contribution in [3.05, 3.63) is 106 Å². The average Bonchev–Trinajstić information content (AvgIpc) is 3.36. The highest BCUT2D eigenvalue weighted by molar-refractivity contribution is 8.03. The molecule has 5 rings (SSSR count). The van der Waals surface area contributed by atoms with Gasteiger partial charge in [-0.1, -0.05) is 71.9 Å². The van der Waals surface area contributed by atoms with Crippen LogP contribution in [0.25, 0.3) is 5.70 Å². The minimum absolute atomic E-state index is 0.175. The van der Waals surface area contributed by atoms with Crippen molar-refractivity contribution < 1.29 is 9.59 Å². The Morgan fingerprint density at radius 2 is 1.70 bits per heavy atom. The highest BCUT2D eigenvalue weighted by atomic mass is 35.5. The molecule has 1 saturated heterocycles. The topological polar surface area (TPSA) is 58.2 Å². The number of hydrogen-bond donors (Lipinski definition) is 2. The molecule has 0 aliphatic carbocycles. The largest absolute Gasteiger partial charge is 0.361 e. The van der Waals surface area contributed by atoms with Crippen LogP contribution in [0.5, 0.6) is 0 Å². The first-order valence-electron chi connectivity index (χ1n) is 10.6. The molecule has 0 saturated carbocycles. The fourth-order valence-corrected chi connectivity index (χ4v) is 6.37. The number of carbonyl (C=O) groups is 2. The van der Waals surface area contributed by atoms with E-state index >= 15 is 0 Å². The zero-order chi connectivity index (χ0) is 22.8. The molecule has 2 aliphatic heterocycles. The maximum atomic E-state index is 13.4. The number of Topliss-reactive ketones (excluding diaryl/α,β-unsaturated/α-hetero) is 1. The number of rotatable bonds is 5. The Bertz CT molecular complexity index is 1210. The zero-order valence-electron chi connectivity index (χ0n) is 17.5. The van der Waals surface area contributed by atoms with E-state index in [1.54, 1.807) is 11.3 Å². The minimum Gasteiger partial charge on any atom is -0.361 e. The van der Waals surface area contributed by atoms with Crippen molar-refractivity contribution in [3.8, 4) is 0 Å². The van der Waals surface area contributed by atoms with Crippen LogP contribution >= 0.6 is 34.7 Å². The van der Waals surface area contributed by atoms with E-state index in [0.717, 1.165) is 21.7 Å². The Labute approximate surface area is 205 Å². The van der Waals surface area contributed by atoms with Crippen LogP contribution in [0.3, 0.4) is 0 Å². The number of thiophene rings is 1. The van der Waals surface area contributed by atoms with E-state index in [4.69, 9.17) is 11.6 Å². The summed E-state index contributed by atoms with van der Waals surface area (Å²) < 4.78 is 0. The van der Waals surface area contributed by atoms with Gasteiger partial charge in [-0.05, 0) is 52.2 Å². The number of hydrogen-bond acceptors (Lipinski definition) is 5. The molecule has 2 N–H and O–H groups in total. The van der Waals surface area contributed by atoms with E-state index in [-0.39, 0.29) is 24.2 Å². The van der Waals surface area contributed by atoms with E-state index < -0.39 is 10.9 Å². The van der Waals surface area contributed by atoms with Crippen molar-refractivity contribution in [1.82, 2.24) is 10.6 Å². The van der Waals surface area contributed by atoms with Gasteiger partial charge in [0.1, 0.15) is 5.92 Å². The van der Waals surface area contributed by atoms with Crippen LogP contribution in [0, 0.1) is 5.92 Å². The minimum atomic E-state index is -1.40. The molecule has 2 aromatic carbocycles. The molecular formula is C26H21ClN2O2S2. The van der Waals surface area contributed by atoms with Gasteiger partial charge in [-0.25, -0.2) is 0 Å². The maximum absolute atomic E-state index is 13.4. The lowest BCUT2D eigenvalue weighted by atomic mass is 9.83. The van der Waals surface area contributed by atoms with Gasteiger partial charge < -0.3 is 10.6 Å². The second kappa shape index (κ2) is 9.21. The van der Waals surface area contributed by atoms with Gasteiger partial charge in [0.25, 0.3) is 0 Å². The fourth-order valence-electron chi connectivity index (χ4n) is 4.15. The first-order valence-corrected chi connectivity index (χ1v) is 12.7. The van der Waals surface area contributed by atoms with Crippen molar-refractivity contribution in [2.24, 2.45) is 5.92 Å². The molecule has 1 fully saturated rings. The lowest BCUT2D eigenvalue weighted by molar-refractivity contribution is -0.139. The number of thioether (sulfide) groups is 1. The second-order valence-electron chi connectivity index (χ2n) is 7.95. The molecule has 0 bridgehead atoms. The number of nitrogens with one attached hydrogen (secondary N) is 2. The van der Waals surface area contributed by atoms with Crippen molar-refractivity contribution in [2.45, 2.75) is 22.4 Å². The third-order valence-corrected chi connectivity index (χ3v) is 8.30. The maximum Gasteiger partial charge on any atom is 0.235 e. The molecule has 0 spiro atoms. The Morgan fingerprint density at radius 3 is 2.36 bits per heavy atom. The molecule has 1 aromatic heterocycles. The number of carbonyl (C=O) groups excluding carboxylic acids is 2. The van der Waals surface area contributed by atoms with Crippen LogP contribution in [-0.4, -0.2) is 16.7 Å². The number of benzene rings is 2. The molecular weight excluding hydrogens is 472 g/mol. The van der Waals surface area contributed by atoms with Gasteiger partial charge in [-0.3, -0.25) is 9.59 Å². The Kier molecular flexibility index (Phi) is 6.15. The summed E-state index contributed by atoms with van der Waals surface area (Å²) >= 11 is 10.3. The Balaban J connectivity index is 1.51. The van der Waals surface area contributed by atoms with E-state index in [0.29, 0.717) is 4.91 Å². The van der Waals surface area contributed by atoms with Gasteiger partial charge >= 0.3 is 0 Å². The second-order valence-corrected chi connectivity index (χ2v) is 10.4. The van der Waals surface area contributed by atoms with Gasteiger partial charge in [0, 0.05) is 21.9 Å². The first kappa shape index (κ1) is 22.0. The van der Waals surface area contributed by atoms with Crippen LogP contribution < -0.4 is 10.6 Å². The van der Waals surface area contributed by atoms with Crippen LogP contribution in [0.15, 0.2) is 99.4 Å². The number of amides is 1. The lowest BCUT2D eigenvalue weighted by Gasteiger charge is -2.42. The van der Waals surface area contributed by atoms with Crippen LogP contribution in [0.4, 0.5) is 0 Å². The lowest BCUT2D eigenvalue weighted by Crippen LogP contribution is -2.59.